The number of rotatable bonds is 3. The number of anilines is 1. The van der Waals surface area contributed by atoms with Crippen LogP contribution in [0.5, 0.6) is 0 Å². The molecule has 1 fully saturated rings. The lowest BCUT2D eigenvalue weighted by molar-refractivity contribution is -0.139. The highest BCUT2D eigenvalue weighted by atomic mass is 16.5. The Morgan fingerprint density at radius 2 is 1.91 bits per heavy atom. The summed E-state index contributed by atoms with van der Waals surface area (Å²) in [6.07, 6.45) is 2.04. The van der Waals surface area contributed by atoms with Crippen molar-refractivity contribution in [2.45, 2.75) is 20.3 Å². The van der Waals surface area contributed by atoms with Gasteiger partial charge in [0.05, 0.1) is 24.1 Å². The minimum absolute atomic E-state index is 0.168. The molecular weight excluding hydrogens is 294 g/mol. The number of carbonyl (C=O) groups excluding carboxylic acids is 3. The lowest BCUT2D eigenvalue weighted by Crippen LogP contribution is -2.31. The monoisotopic (exact) mass is 313 g/mol. The van der Waals surface area contributed by atoms with E-state index in [0.717, 1.165) is 0 Å². The maximum absolute atomic E-state index is 12.7. The average molecular weight is 313 g/mol. The number of nitrogens with zero attached hydrogens (tertiary/aromatic N) is 1. The molecule has 3 rings (SSSR count). The van der Waals surface area contributed by atoms with Crippen molar-refractivity contribution >= 4 is 23.5 Å². The average Bonchev–Trinajstić information content (AvgIpc) is 2.80. The van der Waals surface area contributed by atoms with Crippen LogP contribution >= 0.6 is 0 Å². The third kappa shape index (κ3) is 2.56. The van der Waals surface area contributed by atoms with Crippen molar-refractivity contribution in [1.82, 2.24) is 0 Å². The van der Waals surface area contributed by atoms with Gasteiger partial charge in [-0.25, -0.2) is 4.79 Å². The summed E-state index contributed by atoms with van der Waals surface area (Å²) in [5.41, 5.74) is 1.08. The second kappa shape index (κ2) is 5.99. The zero-order chi connectivity index (χ0) is 16.6. The molecule has 1 heterocycles. The highest BCUT2D eigenvalue weighted by Gasteiger charge is 2.52. The van der Waals surface area contributed by atoms with E-state index in [1.807, 2.05) is 13.0 Å². The van der Waals surface area contributed by atoms with Crippen LogP contribution in [0.1, 0.15) is 20.3 Å². The molecule has 2 aliphatic rings. The van der Waals surface area contributed by atoms with Crippen LogP contribution in [0.2, 0.25) is 0 Å². The molecule has 1 aromatic rings. The van der Waals surface area contributed by atoms with Crippen molar-refractivity contribution in [3.63, 3.8) is 0 Å². The molecule has 23 heavy (non-hydrogen) atoms. The molecule has 0 N–H and O–H groups in total. The maximum atomic E-state index is 12.7. The summed E-state index contributed by atoms with van der Waals surface area (Å²) in [4.78, 5) is 38.7. The van der Waals surface area contributed by atoms with Crippen molar-refractivity contribution in [3.8, 4) is 0 Å². The Morgan fingerprint density at radius 1 is 1.22 bits per heavy atom. The summed E-state index contributed by atoms with van der Waals surface area (Å²) in [5.74, 6) is -1.86. The largest absolute Gasteiger partial charge is 0.463 e. The van der Waals surface area contributed by atoms with Gasteiger partial charge in [-0.05, 0) is 31.4 Å². The van der Waals surface area contributed by atoms with E-state index in [9.17, 15) is 14.4 Å². The van der Waals surface area contributed by atoms with E-state index < -0.39 is 17.8 Å². The standard InChI is InChI=1S/C18H19NO4/c1-3-23-18(22)12-9-11(2)15-14(10-12)16(20)19(17(15)21)13-7-5-4-6-8-13/h4-9,11,14-15H,3,10H2,1-2H3/t11-,14+,15-/m1/s1. The first-order chi connectivity index (χ1) is 11.0. The van der Waals surface area contributed by atoms with Gasteiger partial charge in [0.2, 0.25) is 11.8 Å². The predicted octanol–water partition coefficient (Wildman–Crippen LogP) is 2.32. The van der Waals surface area contributed by atoms with Gasteiger partial charge in [-0.3, -0.25) is 14.5 Å². The maximum Gasteiger partial charge on any atom is 0.333 e. The molecule has 1 aliphatic carbocycles. The second-order valence-corrected chi connectivity index (χ2v) is 5.96. The van der Waals surface area contributed by atoms with Gasteiger partial charge in [0, 0.05) is 5.57 Å². The van der Waals surface area contributed by atoms with Crippen molar-refractivity contribution in [2.75, 3.05) is 11.5 Å². The van der Waals surface area contributed by atoms with E-state index in [1.165, 1.54) is 4.90 Å². The summed E-state index contributed by atoms with van der Waals surface area (Å²) < 4.78 is 5.03. The van der Waals surface area contributed by atoms with Gasteiger partial charge >= 0.3 is 5.97 Å². The summed E-state index contributed by atoms with van der Waals surface area (Å²) in [6.45, 7) is 3.91. The topological polar surface area (TPSA) is 63.7 Å². The van der Waals surface area contributed by atoms with Crippen molar-refractivity contribution < 1.29 is 19.1 Å². The molecule has 0 saturated carbocycles. The molecular formula is C18H19NO4. The van der Waals surface area contributed by atoms with E-state index in [2.05, 4.69) is 0 Å². The second-order valence-electron chi connectivity index (χ2n) is 5.96. The summed E-state index contributed by atoms with van der Waals surface area (Å²) in [5, 5.41) is 0. The first-order valence-electron chi connectivity index (χ1n) is 7.85. The molecule has 1 aliphatic heterocycles. The third-order valence-electron chi connectivity index (χ3n) is 4.50. The van der Waals surface area contributed by atoms with Gasteiger partial charge in [-0.2, -0.15) is 0 Å². The van der Waals surface area contributed by atoms with Gasteiger partial charge in [0.1, 0.15) is 0 Å². The van der Waals surface area contributed by atoms with E-state index in [-0.39, 0.29) is 24.2 Å². The number of amides is 2. The van der Waals surface area contributed by atoms with Crippen LogP contribution in [-0.2, 0) is 19.1 Å². The van der Waals surface area contributed by atoms with Crippen LogP contribution < -0.4 is 4.90 Å². The fourth-order valence-corrected chi connectivity index (χ4v) is 3.49. The molecule has 5 heteroatoms. The fraction of sp³-hybridized carbons (Fsp3) is 0.389. The third-order valence-corrected chi connectivity index (χ3v) is 4.50. The number of benzene rings is 1. The number of para-hydroxylation sites is 1. The van der Waals surface area contributed by atoms with Gasteiger partial charge in [0.15, 0.2) is 0 Å². The fourth-order valence-electron chi connectivity index (χ4n) is 3.49. The summed E-state index contributed by atoms with van der Waals surface area (Å²) >= 11 is 0. The highest BCUT2D eigenvalue weighted by molar-refractivity contribution is 6.22. The van der Waals surface area contributed by atoms with E-state index in [0.29, 0.717) is 17.9 Å². The number of imide groups is 1. The Labute approximate surface area is 134 Å². The Hall–Kier alpha value is -2.43. The number of allylic oxidation sites excluding steroid dienone is 1. The Balaban J connectivity index is 1.91. The molecule has 0 unspecified atom stereocenters. The SMILES string of the molecule is CCOC(=O)C1=C[C@@H](C)[C@H]2C(=O)N(c3ccccc3)C(=O)[C@H]2C1. The summed E-state index contributed by atoms with van der Waals surface area (Å²) in [6, 6.07) is 8.92. The smallest absolute Gasteiger partial charge is 0.333 e. The minimum Gasteiger partial charge on any atom is -0.463 e. The van der Waals surface area contributed by atoms with Crippen LogP contribution in [-0.4, -0.2) is 24.4 Å². The molecule has 0 spiro atoms. The molecule has 0 bridgehead atoms. The molecule has 0 radical (unpaired) electrons. The van der Waals surface area contributed by atoms with E-state index in [1.54, 1.807) is 37.3 Å². The number of ether oxygens (including phenoxy) is 1. The molecule has 1 aromatic carbocycles. The molecule has 120 valence electrons. The molecule has 5 nitrogen and oxygen atoms in total. The Kier molecular flexibility index (Phi) is 4.03. The van der Waals surface area contributed by atoms with Crippen LogP contribution in [0.3, 0.4) is 0 Å². The Bertz CT molecular complexity index is 680. The molecule has 0 aromatic heterocycles. The van der Waals surface area contributed by atoms with E-state index in [4.69, 9.17) is 4.74 Å². The highest BCUT2D eigenvalue weighted by Crippen LogP contribution is 2.42. The summed E-state index contributed by atoms with van der Waals surface area (Å²) in [7, 11) is 0. The number of hydrogen-bond acceptors (Lipinski definition) is 4. The lowest BCUT2D eigenvalue weighted by Gasteiger charge is -2.26. The van der Waals surface area contributed by atoms with Crippen LogP contribution in [0.15, 0.2) is 42.0 Å². The zero-order valence-corrected chi connectivity index (χ0v) is 13.2. The van der Waals surface area contributed by atoms with Crippen molar-refractivity contribution in [2.24, 2.45) is 17.8 Å². The normalized spacial score (nSPS) is 26.8. The van der Waals surface area contributed by atoms with Gasteiger partial charge < -0.3 is 4.74 Å². The number of esters is 1. The predicted molar refractivity (Wildman–Crippen MR) is 84.4 cm³/mol. The first kappa shape index (κ1) is 15.5. The van der Waals surface area contributed by atoms with Crippen LogP contribution in [0.25, 0.3) is 0 Å². The number of carbonyl (C=O) groups is 3. The van der Waals surface area contributed by atoms with Gasteiger partial charge in [0.25, 0.3) is 0 Å². The molecule has 3 atom stereocenters. The van der Waals surface area contributed by atoms with Crippen molar-refractivity contribution in [1.29, 1.82) is 0 Å². The molecule has 2 amide bonds. The van der Waals surface area contributed by atoms with E-state index >= 15 is 0 Å². The van der Waals surface area contributed by atoms with Crippen LogP contribution in [0, 0.1) is 17.8 Å². The number of hydrogen-bond donors (Lipinski definition) is 0. The Morgan fingerprint density at radius 3 is 2.57 bits per heavy atom. The molecule has 1 saturated heterocycles. The zero-order valence-electron chi connectivity index (χ0n) is 13.2. The van der Waals surface area contributed by atoms with Crippen molar-refractivity contribution in [3.05, 3.63) is 42.0 Å². The quantitative estimate of drug-likeness (QED) is 0.634. The van der Waals surface area contributed by atoms with Gasteiger partial charge in [-0.1, -0.05) is 31.2 Å². The first-order valence-corrected chi connectivity index (χ1v) is 7.85. The minimum atomic E-state index is -0.484. The number of fused-ring (bicyclic) bond motifs is 1. The van der Waals surface area contributed by atoms with Gasteiger partial charge in [-0.15, -0.1) is 0 Å². The van der Waals surface area contributed by atoms with Crippen LogP contribution in [0.4, 0.5) is 5.69 Å². The lowest BCUT2D eigenvalue weighted by atomic mass is 9.75.